The van der Waals surface area contributed by atoms with E-state index < -0.39 is 0 Å². The first kappa shape index (κ1) is 9.99. The monoisotopic (exact) mass is 215 g/mol. The fourth-order valence-electron chi connectivity index (χ4n) is 1.35. The van der Waals surface area contributed by atoms with E-state index in [1.165, 1.54) is 10.4 Å². The molecule has 15 heavy (non-hydrogen) atoms. The molecule has 76 valence electrons. The van der Waals surface area contributed by atoms with Gasteiger partial charge in [0.1, 0.15) is 0 Å². The van der Waals surface area contributed by atoms with Gasteiger partial charge in [0, 0.05) is 10.6 Å². The molecule has 0 atom stereocenters. The Hall–Kier alpha value is -1.54. The van der Waals surface area contributed by atoms with E-state index in [2.05, 4.69) is 41.8 Å². The van der Waals surface area contributed by atoms with Gasteiger partial charge in [-0.1, -0.05) is 24.3 Å². The lowest BCUT2D eigenvalue weighted by atomic mass is 10.1. The van der Waals surface area contributed by atoms with Gasteiger partial charge in [-0.2, -0.15) is 0 Å². The molecule has 0 aliphatic carbocycles. The van der Waals surface area contributed by atoms with Crippen LogP contribution in [0.4, 0.5) is 5.69 Å². The summed E-state index contributed by atoms with van der Waals surface area (Å²) in [5.74, 6) is 0. The number of benzene rings is 1. The lowest BCUT2D eigenvalue weighted by molar-refractivity contribution is 1.28. The molecule has 0 aliphatic rings. The van der Waals surface area contributed by atoms with Gasteiger partial charge < -0.3 is 5.73 Å². The Labute approximate surface area is 93.9 Å². The Morgan fingerprint density at radius 2 is 1.93 bits per heavy atom. The van der Waals surface area contributed by atoms with Crippen molar-refractivity contribution in [3.8, 4) is 0 Å². The van der Waals surface area contributed by atoms with Crippen LogP contribution in [0.15, 0.2) is 47.9 Å². The molecule has 1 heterocycles. The number of allylic oxidation sites excluding steroid dienone is 1. The average Bonchev–Trinajstić information content (AvgIpc) is 2.74. The highest BCUT2D eigenvalue weighted by Gasteiger charge is 1.89. The first-order chi connectivity index (χ1) is 7.34. The summed E-state index contributed by atoms with van der Waals surface area (Å²) >= 11 is 1.75. The fourth-order valence-corrected chi connectivity index (χ4v) is 2.00. The Bertz CT molecular complexity index is 426. The third kappa shape index (κ3) is 2.96. The minimum absolute atomic E-state index is 0.820. The maximum absolute atomic E-state index is 5.62. The SMILES string of the molecule is Nc1ccc(CC=Cc2cccs2)cc1. The highest BCUT2D eigenvalue weighted by atomic mass is 32.1. The molecule has 0 spiro atoms. The Morgan fingerprint density at radius 3 is 2.60 bits per heavy atom. The van der Waals surface area contributed by atoms with Gasteiger partial charge >= 0.3 is 0 Å². The molecule has 2 aromatic rings. The number of hydrogen-bond donors (Lipinski definition) is 1. The van der Waals surface area contributed by atoms with Crippen LogP contribution in [0.25, 0.3) is 6.08 Å². The molecule has 0 radical (unpaired) electrons. The van der Waals surface area contributed by atoms with Crippen LogP contribution in [-0.4, -0.2) is 0 Å². The van der Waals surface area contributed by atoms with Crippen molar-refractivity contribution in [3.63, 3.8) is 0 Å². The number of rotatable bonds is 3. The van der Waals surface area contributed by atoms with Crippen LogP contribution in [0.3, 0.4) is 0 Å². The predicted octanol–water partition coefficient (Wildman–Crippen LogP) is 3.59. The van der Waals surface area contributed by atoms with Gasteiger partial charge in [0.05, 0.1) is 0 Å². The summed E-state index contributed by atoms with van der Waals surface area (Å²) in [4.78, 5) is 1.30. The van der Waals surface area contributed by atoms with Crippen LogP contribution >= 0.6 is 11.3 Å². The van der Waals surface area contributed by atoms with Crippen LogP contribution in [0.1, 0.15) is 10.4 Å². The van der Waals surface area contributed by atoms with E-state index >= 15 is 0 Å². The van der Waals surface area contributed by atoms with Crippen LogP contribution in [-0.2, 0) is 6.42 Å². The number of hydrogen-bond acceptors (Lipinski definition) is 2. The molecule has 0 aliphatic heterocycles. The van der Waals surface area contributed by atoms with E-state index in [4.69, 9.17) is 5.73 Å². The molecule has 0 saturated carbocycles. The quantitative estimate of drug-likeness (QED) is 0.778. The molecule has 0 saturated heterocycles. The van der Waals surface area contributed by atoms with E-state index in [0.29, 0.717) is 0 Å². The number of nitrogen functional groups attached to an aromatic ring is 1. The second kappa shape index (κ2) is 4.80. The second-order valence-electron chi connectivity index (χ2n) is 3.36. The lowest BCUT2D eigenvalue weighted by Gasteiger charge is -1.96. The van der Waals surface area contributed by atoms with Crippen molar-refractivity contribution in [2.75, 3.05) is 5.73 Å². The van der Waals surface area contributed by atoms with Crippen LogP contribution in [0.5, 0.6) is 0 Å². The van der Waals surface area contributed by atoms with E-state index in [0.717, 1.165) is 12.1 Å². The van der Waals surface area contributed by atoms with Crippen molar-refractivity contribution in [1.29, 1.82) is 0 Å². The first-order valence-electron chi connectivity index (χ1n) is 4.89. The molecule has 0 bridgehead atoms. The third-order valence-electron chi connectivity index (χ3n) is 2.16. The van der Waals surface area contributed by atoms with Gasteiger partial charge in [0.15, 0.2) is 0 Å². The maximum Gasteiger partial charge on any atom is 0.0314 e. The van der Waals surface area contributed by atoms with Crippen molar-refractivity contribution < 1.29 is 0 Å². The van der Waals surface area contributed by atoms with Crippen LogP contribution in [0, 0.1) is 0 Å². The smallest absolute Gasteiger partial charge is 0.0314 e. The number of anilines is 1. The largest absolute Gasteiger partial charge is 0.399 e. The van der Waals surface area contributed by atoms with Crippen LogP contribution in [0.2, 0.25) is 0 Å². The summed E-state index contributed by atoms with van der Waals surface area (Å²) in [6.07, 6.45) is 5.29. The summed E-state index contributed by atoms with van der Waals surface area (Å²) in [5.41, 5.74) is 7.73. The third-order valence-corrected chi connectivity index (χ3v) is 3.00. The average molecular weight is 215 g/mol. The number of thiophene rings is 1. The minimum Gasteiger partial charge on any atom is -0.399 e. The normalized spacial score (nSPS) is 10.9. The molecule has 0 fully saturated rings. The summed E-state index contributed by atoms with van der Waals surface area (Å²) < 4.78 is 0. The van der Waals surface area contributed by atoms with Crippen LogP contribution < -0.4 is 5.73 Å². The topological polar surface area (TPSA) is 26.0 Å². The summed E-state index contributed by atoms with van der Waals surface area (Å²) in [6.45, 7) is 0. The fraction of sp³-hybridized carbons (Fsp3) is 0.0769. The molecule has 1 nitrogen and oxygen atoms in total. The molecular weight excluding hydrogens is 202 g/mol. The highest BCUT2D eigenvalue weighted by molar-refractivity contribution is 7.10. The molecule has 0 amide bonds. The zero-order chi connectivity index (χ0) is 10.5. The van der Waals surface area contributed by atoms with E-state index in [-0.39, 0.29) is 0 Å². The Balaban J connectivity index is 1.96. The summed E-state index contributed by atoms with van der Waals surface area (Å²) in [5, 5.41) is 2.09. The highest BCUT2D eigenvalue weighted by Crippen LogP contribution is 2.12. The van der Waals surface area contributed by atoms with Gasteiger partial charge in [-0.05, 0) is 41.6 Å². The van der Waals surface area contributed by atoms with E-state index in [1.54, 1.807) is 11.3 Å². The molecule has 2 heteroatoms. The zero-order valence-corrected chi connectivity index (χ0v) is 9.21. The zero-order valence-electron chi connectivity index (χ0n) is 8.39. The molecule has 0 unspecified atom stereocenters. The first-order valence-corrected chi connectivity index (χ1v) is 5.77. The van der Waals surface area contributed by atoms with Crippen molar-refractivity contribution in [2.45, 2.75) is 6.42 Å². The number of nitrogens with two attached hydrogens (primary N) is 1. The lowest BCUT2D eigenvalue weighted by Crippen LogP contribution is -1.85. The predicted molar refractivity (Wildman–Crippen MR) is 67.9 cm³/mol. The molecule has 1 aromatic carbocycles. The second-order valence-corrected chi connectivity index (χ2v) is 4.34. The van der Waals surface area contributed by atoms with Gasteiger partial charge in [-0.25, -0.2) is 0 Å². The van der Waals surface area contributed by atoms with Crippen molar-refractivity contribution in [3.05, 3.63) is 58.3 Å². The summed E-state index contributed by atoms with van der Waals surface area (Å²) in [6, 6.07) is 12.2. The van der Waals surface area contributed by atoms with Crippen molar-refractivity contribution in [2.24, 2.45) is 0 Å². The van der Waals surface area contributed by atoms with Crippen molar-refractivity contribution in [1.82, 2.24) is 0 Å². The standard InChI is InChI=1S/C13H13NS/c14-12-8-6-11(7-9-12)3-1-4-13-5-2-10-15-13/h1-2,4-10H,3,14H2. The van der Waals surface area contributed by atoms with Gasteiger partial charge in [0.25, 0.3) is 0 Å². The van der Waals surface area contributed by atoms with Gasteiger partial charge in [-0.3, -0.25) is 0 Å². The Morgan fingerprint density at radius 1 is 1.13 bits per heavy atom. The molecule has 2 rings (SSSR count). The molecule has 1 aromatic heterocycles. The van der Waals surface area contributed by atoms with E-state index in [1.807, 2.05) is 12.1 Å². The van der Waals surface area contributed by atoms with Crippen molar-refractivity contribution >= 4 is 23.1 Å². The van der Waals surface area contributed by atoms with E-state index in [9.17, 15) is 0 Å². The van der Waals surface area contributed by atoms with Gasteiger partial charge in [0.2, 0.25) is 0 Å². The summed E-state index contributed by atoms with van der Waals surface area (Å²) in [7, 11) is 0. The molecule has 2 N–H and O–H groups in total. The van der Waals surface area contributed by atoms with Gasteiger partial charge in [-0.15, -0.1) is 11.3 Å². The Kier molecular flexibility index (Phi) is 3.20. The minimum atomic E-state index is 0.820. The molecular formula is C13H13NS. The maximum atomic E-state index is 5.62.